The molecule has 2 aliphatic rings. The van der Waals surface area contributed by atoms with Gasteiger partial charge in [0.05, 0.1) is 24.7 Å². The van der Waals surface area contributed by atoms with Crippen molar-refractivity contribution in [3.05, 3.63) is 59.2 Å². The van der Waals surface area contributed by atoms with E-state index in [1.165, 1.54) is 0 Å². The second-order valence-electron chi connectivity index (χ2n) is 11.8. The van der Waals surface area contributed by atoms with Crippen molar-refractivity contribution in [2.24, 2.45) is 0 Å². The summed E-state index contributed by atoms with van der Waals surface area (Å²) in [5.74, 6) is -0.381. The number of sulfonamides is 1. The highest BCUT2D eigenvalue weighted by atomic mass is 32.2. The summed E-state index contributed by atoms with van der Waals surface area (Å²) in [5.41, 5.74) is 3.16. The van der Waals surface area contributed by atoms with E-state index in [0.29, 0.717) is 29.8 Å². The van der Waals surface area contributed by atoms with E-state index < -0.39 is 40.4 Å². The van der Waals surface area contributed by atoms with Crippen LogP contribution >= 0.6 is 0 Å². The minimum absolute atomic E-state index is 0.385. The Morgan fingerprint density at radius 1 is 1.02 bits per heavy atom. The number of hydrogen-bond acceptors (Lipinski definition) is 9. The van der Waals surface area contributed by atoms with Crippen molar-refractivity contribution in [3.8, 4) is 5.75 Å². The number of carbonyl (C=O) groups is 2. The number of aryl methyl sites for hydroxylation is 1. The summed E-state index contributed by atoms with van der Waals surface area (Å²) in [5, 5.41) is 13.9. The smallest absolute Gasteiger partial charge is 0.345 e. The van der Waals surface area contributed by atoms with Gasteiger partial charge in [-0.2, -0.15) is 0 Å². The standard InChI is InChI=1S/C32H45N3O8S/c1-32(2)42-23-26-20-25(14-15-29(26)43-32)28(36)21-33-16-7-4-5-8-17-41-18-9-6-11-24-12-10-13-27(19-24)35-30(37)22-34(31(35)38)44(3,39)40/h10,12-15,19-20,28,33,36H,4-9,11,16-18,21-23H2,1-3H3/t28-/m1/s1. The molecule has 2 aromatic rings. The average molecular weight is 632 g/mol. The van der Waals surface area contributed by atoms with Gasteiger partial charge >= 0.3 is 6.03 Å². The summed E-state index contributed by atoms with van der Waals surface area (Å²) >= 11 is 0. The lowest BCUT2D eigenvalue weighted by Gasteiger charge is -2.33. The van der Waals surface area contributed by atoms with Gasteiger partial charge in [0.25, 0.3) is 5.91 Å². The molecular weight excluding hydrogens is 586 g/mol. The van der Waals surface area contributed by atoms with Gasteiger partial charge in [-0.3, -0.25) is 4.79 Å². The molecule has 44 heavy (non-hydrogen) atoms. The molecule has 12 heteroatoms. The number of fused-ring (bicyclic) bond motifs is 1. The van der Waals surface area contributed by atoms with Crippen molar-refractivity contribution in [3.63, 3.8) is 0 Å². The van der Waals surface area contributed by atoms with Crippen molar-refractivity contribution in [1.29, 1.82) is 0 Å². The van der Waals surface area contributed by atoms with Crippen molar-refractivity contribution in [1.82, 2.24) is 9.62 Å². The molecule has 2 aliphatic heterocycles. The number of urea groups is 1. The molecule has 0 unspecified atom stereocenters. The SMILES string of the molecule is CC1(C)OCc2cc([C@H](O)CNCCCCCCOCCCCc3cccc(N4C(=O)CN(S(C)(=O)=O)C4=O)c3)ccc2O1. The first kappa shape index (κ1) is 33.9. The topological polar surface area (TPSA) is 135 Å². The van der Waals surface area contributed by atoms with E-state index in [2.05, 4.69) is 5.32 Å². The summed E-state index contributed by atoms with van der Waals surface area (Å²) in [6.07, 6.45) is 7.09. The first-order valence-electron chi connectivity index (χ1n) is 15.3. The first-order valence-corrected chi connectivity index (χ1v) is 17.2. The Morgan fingerprint density at radius 2 is 1.77 bits per heavy atom. The summed E-state index contributed by atoms with van der Waals surface area (Å²) in [6.45, 7) is 6.51. The number of aliphatic hydroxyl groups is 1. The molecule has 1 atom stereocenters. The fraction of sp³-hybridized carbons (Fsp3) is 0.562. The minimum Gasteiger partial charge on any atom is -0.463 e. The molecule has 1 fully saturated rings. The van der Waals surface area contributed by atoms with Crippen LogP contribution < -0.4 is 15.0 Å². The maximum absolute atomic E-state index is 12.5. The highest BCUT2D eigenvalue weighted by Gasteiger charge is 2.42. The van der Waals surface area contributed by atoms with Crippen molar-refractivity contribution in [2.45, 2.75) is 77.3 Å². The molecule has 0 saturated carbocycles. The zero-order valence-corrected chi connectivity index (χ0v) is 26.7. The maximum atomic E-state index is 12.5. The summed E-state index contributed by atoms with van der Waals surface area (Å²) < 4.78 is 41.4. The molecule has 0 aliphatic carbocycles. The fourth-order valence-electron chi connectivity index (χ4n) is 5.21. The molecule has 0 aromatic heterocycles. The first-order chi connectivity index (χ1) is 20.9. The van der Waals surface area contributed by atoms with Crippen LogP contribution in [0.25, 0.3) is 0 Å². The third-order valence-electron chi connectivity index (χ3n) is 7.64. The number of ether oxygens (including phenoxy) is 3. The van der Waals surface area contributed by atoms with Gasteiger partial charge in [-0.25, -0.2) is 22.4 Å². The number of imide groups is 1. The third kappa shape index (κ3) is 9.48. The Bertz CT molecular complexity index is 1400. The number of benzene rings is 2. The van der Waals surface area contributed by atoms with Gasteiger partial charge in [-0.15, -0.1) is 0 Å². The molecule has 0 radical (unpaired) electrons. The zero-order chi connectivity index (χ0) is 31.7. The van der Waals surface area contributed by atoms with Crippen LogP contribution in [0, 0.1) is 0 Å². The van der Waals surface area contributed by atoms with E-state index in [4.69, 9.17) is 14.2 Å². The number of unbranched alkanes of at least 4 members (excludes halogenated alkanes) is 4. The van der Waals surface area contributed by atoms with Gasteiger partial charge in [0.15, 0.2) is 0 Å². The number of nitrogens with zero attached hydrogens (tertiary/aromatic N) is 2. The normalized spacial score (nSPS) is 17.1. The van der Waals surface area contributed by atoms with Crippen molar-refractivity contribution < 1.29 is 37.3 Å². The minimum atomic E-state index is -3.80. The largest absolute Gasteiger partial charge is 0.463 e. The van der Waals surface area contributed by atoms with Crippen LogP contribution in [-0.4, -0.2) is 74.7 Å². The number of amides is 3. The lowest BCUT2D eigenvalue weighted by Crippen LogP contribution is -2.36. The zero-order valence-electron chi connectivity index (χ0n) is 25.9. The molecule has 0 spiro atoms. The third-order valence-corrected chi connectivity index (χ3v) is 8.72. The molecule has 3 amide bonds. The van der Waals surface area contributed by atoms with Crippen LogP contribution in [0.15, 0.2) is 42.5 Å². The van der Waals surface area contributed by atoms with E-state index in [1.807, 2.05) is 38.1 Å². The van der Waals surface area contributed by atoms with E-state index in [0.717, 1.165) is 91.7 Å². The number of nitrogens with one attached hydrogen (secondary N) is 1. The monoisotopic (exact) mass is 631 g/mol. The van der Waals surface area contributed by atoms with Gasteiger partial charge in [-0.05, 0) is 74.0 Å². The number of carbonyl (C=O) groups excluding carboxylic acids is 2. The molecule has 2 N–H and O–H groups in total. The summed E-state index contributed by atoms with van der Waals surface area (Å²) in [6, 6.07) is 12.0. The molecule has 4 rings (SSSR count). The van der Waals surface area contributed by atoms with Gasteiger partial charge in [-0.1, -0.05) is 31.0 Å². The number of rotatable bonds is 17. The van der Waals surface area contributed by atoms with Gasteiger partial charge in [0.2, 0.25) is 15.8 Å². The number of hydrogen-bond donors (Lipinski definition) is 2. The highest BCUT2D eigenvalue weighted by Crippen LogP contribution is 2.33. The second kappa shape index (κ2) is 15.3. The Kier molecular flexibility index (Phi) is 11.8. The summed E-state index contributed by atoms with van der Waals surface area (Å²) in [7, 11) is -3.80. The highest BCUT2D eigenvalue weighted by molar-refractivity contribution is 7.89. The van der Waals surface area contributed by atoms with Crippen LogP contribution in [0.4, 0.5) is 10.5 Å². The lowest BCUT2D eigenvalue weighted by molar-refractivity contribution is -0.180. The Labute approximate surface area is 260 Å². The molecule has 0 bridgehead atoms. The predicted octanol–water partition coefficient (Wildman–Crippen LogP) is 4.28. The lowest BCUT2D eigenvalue weighted by atomic mass is 10.0. The molecule has 2 heterocycles. The van der Waals surface area contributed by atoms with E-state index >= 15 is 0 Å². The van der Waals surface area contributed by atoms with Crippen molar-refractivity contribution >= 4 is 27.6 Å². The maximum Gasteiger partial charge on any atom is 0.345 e. The Balaban J connectivity index is 1.01. The quantitative estimate of drug-likeness (QED) is 0.194. The van der Waals surface area contributed by atoms with Gasteiger partial charge in [0.1, 0.15) is 12.3 Å². The molecule has 1 saturated heterocycles. The predicted molar refractivity (Wildman–Crippen MR) is 167 cm³/mol. The molecular formula is C32H45N3O8S. The Hall–Kier alpha value is -3.03. The van der Waals surface area contributed by atoms with E-state index in [-0.39, 0.29) is 0 Å². The van der Waals surface area contributed by atoms with Gasteiger partial charge in [0, 0.05) is 39.2 Å². The Morgan fingerprint density at radius 3 is 2.52 bits per heavy atom. The molecule has 11 nitrogen and oxygen atoms in total. The molecule has 242 valence electrons. The molecule has 2 aromatic carbocycles. The van der Waals surface area contributed by atoms with Crippen LogP contribution in [0.2, 0.25) is 0 Å². The van der Waals surface area contributed by atoms with E-state index in [9.17, 15) is 23.1 Å². The van der Waals surface area contributed by atoms with Crippen LogP contribution in [0.3, 0.4) is 0 Å². The van der Waals surface area contributed by atoms with Crippen LogP contribution in [0.1, 0.15) is 75.2 Å². The van der Waals surface area contributed by atoms with Crippen LogP contribution in [-0.2, 0) is 37.3 Å². The van der Waals surface area contributed by atoms with Crippen molar-refractivity contribution in [2.75, 3.05) is 44.0 Å². The van der Waals surface area contributed by atoms with Crippen LogP contribution in [0.5, 0.6) is 5.75 Å². The van der Waals surface area contributed by atoms with E-state index in [1.54, 1.807) is 18.2 Å². The van der Waals surface area contributed by atoms with Gasteiger partial charge < -0.3 is 24.6 Å². The second-order valence-corrected chi connectivity index (χ2v) is 13.7. The number of anilines is 1. The average Bonchev–Trinajstić information content (AvgIpc) is 3.28. The number of aliphatic hydroxyl groups excluding tert-OH is 1. The fourth-order valence-corrected chi connectivity index (χ4v) is 5.92. The summed E-state index contributed by atoms with van der Waals surface area (Å²) in [4.78, 5) is 25.7.